The minimum atomic E-state index is 0.0398. The molecule has 0 saturated heterocycles. The second-order valence-electron chi connectivity index (χ2n) is 4.15. The summed E-state index contributed by atoms with van der Waals surface area (Å²) in [6, 6.07) is 7.97. The molecular weight excluding hydrogens is 214 g/mol. The van der Waals surface area contributed by atoms with Gasteiger partial charge in [-0.15, -0.1) is 0 Å². The van der Waals surface area contributed by atoms with E-state index in [1.165, 1.54) is 11.1 Å². The van der Waals surface area contributed by atoms with Crippen molar-refractivity contribution in [2.24, 2.45) is 0 Å². The Morgan fingerprint density at radius 2 is 2.12 bits per heavy atom. The van der Waals surface area contributed by atoms with E-state index < -0.39 is 0 Å². The minimum Gasteiger partial charge on any atom is -0.394 e. The average molecular weight is 231 g/mol. The normalized spacial score (nSPS) is 10.8. The van der Waals surface area contributed by atoms with E-state index in [-0.39, 0.29) is 6.61 Å². The molecule has 4 heteroatoms. The molecule has 0 aliphatic rings. The fourth-order valence-corrected chi connectivity index (χ4v) is 1.87. The second kappa shape index (κ2) is 4.59. The lowest BCUT2D eigenvalue weighted by Crippen LogP contribution is -2.07. The van der Waals surface area contributed by atoms with E-state index in [9.17, 15) is 0 Å². The van der Waals surface area contributed by atoms with Gasteiger partial charge in [-0.25, -0.2) is 4.68 Å². The zero-order valence-electron chi connectivity index (χ0n) is 10.1. The Labute approximate surface area is 101 Å². The number of nitrogens with two attached hydrogens (primary N) is 1. The summed E-state index contributed by atoms with van der Waals surface area (Å²) in [7, 11) is 0. The Hall–Kier alpha value is -1.81. The van der Waals surface area contributed by atoms with E-state index in [0.717, 1.165) is 11.3 Å². The van der Waals surface area contributed by atoms with Crippen molar-refractivity contribution in [3.8, 4) is 11.3 Å². The van der Waals surface area contributed by atoms with Crippen LogP contribution >= 0.6 is 0 Å². The SMILES string of the molecule is Cc1cccc(-c2cc(N)n(CCO)n2)c1C. The Kier molecular flexibility index (Phi) is 3.15. The number of aliphatic hydroxyl groups excluding tert-OH is 1. The summed E-state index contributed by atoms with van der Waals surface area (Å²) in [5.41, 5.74) is 10.2. The van der Waals surface area contributed by atoms with E-state index in [1.54, 1.807) is 4.68 Å². The van der Waals surface area contributed by atoms with Crippen molar-refractivity contribution in [3.63, 3.8) is 0 Å². The van der Waals surface area contributed by atoms with Crippen LogP contribution in [0.4, 0.5) is 5.82 Å². The lowest BCUT2D eigenvalue weighted by molar-refractivity contribution is 0.270. The van der Waals surface area contributed by atoms with Crippen LogP contribution in [0.2, 0.25) is 0 Å². The van der Waals surface area contributed by atoms with Crippen molar-refractivity contribution in [1.29, 1.82) is 0 Å². The molecule has 0 atom stereocenters. The molecule has 90 valence electrons. The van der Waals surface area contributed by atoms with Crippen LogP contribution in [0.3, 0.4) is 0 Å². The van der Waals surface area contributed by atoms with E-state index in [4.69, 9.17) is 10.8 Å². The quantitative estimate of drug-likeness (QED) is 0.845. The minimum absolute atomic E-state index is 0.0398. The van der Waals surface area contributed by atoms with Crippen molar-refractivity contribution in [3.05, 3.63) is 35.4 Å². The van der Waals surface area contributed by atoms with Crippen LogP contribution < -0.4 is 5.73 Å². The highest BCUT2D eigenvalue weighted by Crippen LogP contribution is 2.25. The molecule has 2 aromatic rings. The summed E-state index contributed by atoms with van der Waals surface area (Å²) in [6.45, 7) is 4.62. The van der Waals surface area contributed by atoms with Crippen LogP contribution in [-0.2, 0) is 6.54 Å². The standard InChI is InChI=1S/C13H17N3O/c1-9-4-3-5-11(10(9)2)12-8-13(14)16(15-12)6-7-17/h3-5,8,17H,6-7,14H2,1-2H3. The van der Waals surface area contributed by atoms with E-state index >= 15 is 0 Å². The number of anilines is 1. The van der Waals surface area contributed by atoms with Crippen LogP contribution in [0.1, 0.15) is 11.1 Å². The van der Waals surface area contributed by atoms with Gasteiger partial charge in [0.25, 0.3) is 0 Å². The molecule has 1 heterocycles. The maximum absolute atomic E-state index is 8.91. The van der Waals surface area contributed by atoms with Gasteiger partial charge in [-0.05, 0) is 25.0 Å². The Balaban J connectivity index is 2.46. The molecule has 0 aliphatic heterocycles. The maximum atomic E-state index is 8.91. The Morgan fingerprint density at radius 3 is 2.82 bits per heavy atom. The van der Waals surface area contributed by atoms with Crippen molar-refractivity contribution in [2.75, 3.05) is 12.3 Å². The highest BCUT2D eigenvalue weighted by atomic mass is 16.3. The van der Waals surface area contributed by atoms with Crippen LogP contribution in [0.25, 0.3) is 11.3 Å². The number of nitrogen functional groups attached to an aromatic ring is 1. The fraction of sp³-hybridized carbons (Fsp3) is 0.308. The lowest BCUT2D eigenvalue weighted by atomic mass is 10.0. The summed E-state index contributed by atoms with van der Waals surface area (Å²) >= 11 is 0. The smallest absolute Gasteiger partial charge is 0.122 e. The van der Waals surface area contributed by atoms with E-state index in [1.807, 2.05) is 18.2 Å². The van der Waals surface area contributed by atoms with Crippen LogP contribution in [0.15, 0.2) is 24.3 Å². The molecule has 0 bridgehead atoms. The highest BCUT2D eigenvalue weighted by molar-refractivity contribution is 5.67. The van der Waals surface area contributed by atoms with Gasteiger partial charge in [0.05, 0.1) is 18.8 Å². The molecule has 0 fully saturated rings. The number of aliphatic hydroxyl groups is 1. The lowest BCUT2D eigenvalue weighted by Gasteiger charge is -2.05. The topological polar surface area (TPSA) is 64.1 Å². The number of benzene rings is 1. The second-order valence-corrected chi connectivity index (χ2v) is 4.15. The summed E-state index contributed by atoms with van der Waals surface area (Å²) in [6.07, 6.45) is 0. The Morgan fingerprint density at radius 1 is 1.35 bits per heavy atom. The number of hydrogen-bond acceptors (Lipinski definition) is 3. The predicted octanol–water partition coefficient (Wildman–Crippen LogP) is 1.74. The molecular formula is C13H17N3O. The number of rotatable bonds is 3. The largest absolute Gasteiger partial charge is 0.394 e. The first-order chi connectivity index (χ1) is 8.13. The average Bonchev–Trinajstić information content (AvgIpc) is 2.65. The first-order valence-corrected chi connectivity index (χ1v) is 5.64. The van der Waals surface area contributed by atoms with Crippen molar-refractivity contribution in [2.45, 2.75) is 20.4 Å². The van der Waals surface area contributed by atoms with Gasteiger partial charge in [0.2, 0.25) is 0 Å². The third kappa shape index (κ3) is 2.17. The van der Waals surface area contributed by atoms with E-state index in [2.05, 4.69) is 25.0 Å². The first-order valence-electron chi connectivity index (χ1n) is 5.64. The van der Waals surface area contributed by atoms with Gasteiger partial charge in [-0.3, -0.25) is 0 Å². The molecule has 0 saturated carbocycles. The zero-order valence-corrected chi connectivity index (χ0v) is 10.1. The molecule has 1 aromatic heterocycles. The van der Waals surface area contributed by atoms with Crippen molar-refractivity contribution < 1.29 is 5.11 Å². The molecule has 0 unspecified atom stereocenters. The Bertz CT molecular complexity index is 531. The molecule has 17 heavy (non-hydrogen) atoms. The molecule has 0 spiro atoms. The monoisotopic (exact) mass is 231 g/mol. The van der Waals surface area contributed by atoms with Gasteiger partial charge in [0.15, 0.2) is 0 Å². The van der Waals surface area contributed by atoms with Crippen molar-refractivity contribution >= 4 is 5.82 Å². The summed E-state index contributed by atoms with van der Waals surface area (Å²) < 4.78 is 1.62. The van der Waals surface area contributed by atoms with Crippen LogP contribution in [0, 0.1) is 13.8 Å². The zero-order chi connectivity index (χ0) is 12.4. The number of nitrogens with zero attached hydrogens (tertiary/aromatic N) is 2. The van der Waals surface area contributed by atoms with Gasteiger partial charge >= 0.3 is 0 Å². The molecule has 4 nitrogen and oxygen atoms in total. The summed E-state index contributed by atoms with van der Waals surface area (Å²) in [4.78, 5) is 0. The van der Waals surface area contributed by atoms with Gasteiger partial charge in [-0.1, -0.05) is 18.2 Å². The third-order valence-electron chi connectivity index (χ3n) is 3.00. The molecule has 0 radical (unpaired) electrons. The molecule has 3 N–H and O–H groups in total. The summed E-state index contributed by atoms with van der Waals surface area (Å²) in [5.74, 6) is 0.579. The number of aryl methyl sites for hydroxylation is 1. The van der Waals surface area contributed by atoms with Gasteiger partial charge in [0, 0.05) is 11.6 Å². The third-order valence-corrected chi connectivity index (χ3v) is 3.00. The maximum Gasteiger partial charge on any atom is 0.122 e. The molecule has 0 aliphatic carbocycles. The van der Waals surface area contributed by atoms with E-state index in [0.29, 0.717) is 12.4 Å². The first kappa shape index (κ1) is 11.7. The predicted molar refractivity (Wildman–Crippen MR) is 68.6 cm³/mol. The summed E-state index contributed by atoms with van der Waals surface area (Å²) in [5, 5.41) is 13.3. The van der Waals surface area contributed by atoms with Crippen LogP contribution in [0.5, 0.6) is 0 Å². The molecule has 1 aromatic carbocycles. The number of hydrogen-bond donors (Lipinski definition) is 2. The molecule has 0 amide bonds. The van der Waals surface area contributed by atoms with Gasteiger partial charge < -0.3 is 10.8 Å². The number of aromatic nitrogens is 2. The van der Waals surface area contributed by atoms with Crippen molar-refractivity contribution in [1.82, 2.24) is 9.78 Å². The molecule has 2 rings (SSSR count). The van der Waals surface area contributed by atoms with Gasteiger partial charge in [0.1, 0.15) is 5.82 Å². The van der Waals surface area contributed by atoms with Crippen LogP contribution in [-0.4, -0.2) is 21.5 Å². The highest BCUT2D eigenvalue weighted by Gasteiger charge is 2.09. The van der Waals surface area contributed by atoms with Gasteiger partial charge in [-0.2, -0.15) is 5.10 Å². The fourth-order valence-electron chi connectivity index (χ4n) is 1.87.